The monoisotopic (exact) mass is 348 g/mol. The highest BCUT2D eigenvalue weighted by molar-refractivity contribution is 6.31. The van der Waals surface area contributed by atoms with Crippen LogP contribution < -0.4 is 5.73 Å². The molecule has 0 radical (unpaired) electrons. The molecule has 0 aliphatic rings. The summed E-state index contributed by atoms with van der Waals surface area (Å²) in [6.07, 6.45) is 3.36. The van der Waals surface area contributed by atoms with Gasteiger partial charge in [0.2, 0.25) is 0 Å². The minimum Gasteiger partial charge on any atom is -0.358 e. The second-order valence-corrected chi connectivity index (χ2v) is 7.51. The molecule has 0 bridgehead atoms. The van der Waals surface area contributed by atoms with E-state index in [0.717, 1.165) is 22.9 Å². The van der Waals surface area contributed by atoms with Gasteiger partial charge in [0.15, 0.2) is 0 Å². The van der Waals surface area contributed by atoms with Gasteiger partial charge in [0.05, 0.1) is 0 Å². The lowest BCUT2D eigenvalue weighted by Crippen LogP contribution is -2.05. The van der Waals surface area contributed by atoms with Crippen molar-refractivity contribution in [1.82, 2.24) is 4.98 Å². The second-order valence-electron chi connectivity index (χ2n) is 7.08. The molecule has 2 nitrogen and oxygen atoms in total. The fourth-order valence-corrected chi connectivity index (χ4v) is 3.06. The molecule has 0 spiro atoms. The zero-order chi connectivity index (χ0) is 18.3. The molecule has 1 unspecified atom stereocenters. The standard InChI is InChI=1S/C13H17ClN2.C8H16/c1-8(2)13-10(5-6-15)11-7-9(14)3-4-12(11)16-13;1-5-8(4)6-7(2)3/h3-4,7-8,16H,5-6,15H2,1-2H3;8H,2,5-6H2,1,3-4H3. The first-order chi connectivity index (χ1) is 11.3. The van der Waals surface area contributed by atoms with E-state index in [2.05, 4.69) is 46.2 Å². The summed E-state index contributed by atoms with van der Waals surface area (Å²) in [5, 5.41) is 1.99. The van der Waals surface area contributed by atoms with Crippen molar-refractivity contribution in [2.24, 2.45) is 11.7 Å². The van der Waals surface area contributed by atoms with Gasteiger partial charge >= 0.3 is 0 Å². The molecular formula is C21H33ClN2. The summed E-state index contributed by atoms with van der Waals surface area (Å²) in [5.41, 5.74) is 10.7. The van der Waals surface area contributed by atoms with Gasteiger partial charge in [-0.25, -0.2) is 0 Å². The Kier molecular flexibility index (Phi) is 8.58. The third-order valence-corrected chi connectivity index (χ3v) is 4.50. The van der Waals surface area contributed by atoms with Crippen molar-refractivity contribution in [1.29, 1.82) is 0 Å². The number of rotatable bonds is 6. The van der Waals surface area contributed by atoms with Crippen LogP contribution in [0.1, 0.15) is 64.6 Å². The zero-order valence-electron chi connectivity index (χ0n) is 15.9. The molecule has 1 atom stereocenters. The molecule has 24 heavy (non-hydrogen) atoms. The Bertz CT molecular complexity index is 655. The van der Waals surface area contributed by atoms with Crippen LogP contribution in [0.25, 0.3) is 10.9 Å². The Morgan fingerprint density at radius 2 is 1.96 bits per heavy atom. The Morgan fingerprint density at radius 1 is 1.29 bits per heavy atom. The van der Waals surface area contributed by atoms with Gasteiger partial charge in [0.25, 0.3) is 0 Å². The van der Waals surface area contributed by atoms with Crippen LogP contribution in [-0.4, -0.2) is 11.5 Å². The number of hydrogen-bond acceptors (Lipinski definition) is 1. The first-order valence-corrected chi connectivity index (χ1v) is 9.32. The minimum atomic E-state index is 0.479. The van der Waals surface area contributed by atoms with E-state index in [-0.39, 0.29) is 0 Å². The first-order valence-electron chi connectivity index (χ1n) is 8.94. The molecule has 0 amide bonds. The quantitative estimate of drug-likeness (QED) is 0.579. The van der Waals surface area contributed by atoms with Crippen molar-refractivity contribution >= 4 is 22.5 Å². The summed E-state index contributed by atoms with van der Waals surface area (Å²) >= 11 is 6.03. The van der Waals surface area contributed by atoms with Crippen molar-refractivity contribution < 1.29 is 0 Å². The number of aromatic nitrogens is 1. The largest absolute Gasteiger partial charge is 0.358 e. The van der Waals surface area contributed by atoms with E-state index in [1.807, 2.05) is 18.2 Å². The van der Waals surface area contributed by atoms with E-state index in [4.69, 9.17) is 17.3 Å². The predicted molar refractivity (Wildman–Crippen MR) is 109 cm³/mol. The van der Waals surface area contributed by atoms with Gasteiger partial charge < -0.3 is 10.7 Å². The van der Waals surface area contributed by atoms with E-state index in [0.29, 0.717) is 12.5 Å². The molecule has 1 aromatic carbocycles. The van der Waals surface area contributed by atoms with Crippen molar-refractivity contribution in [3.8, 4) is 0 Å². The van der Waals surface area contributed by atoms with E-state index in [1.165, 1.54) is 35.1 Å². The molecule has 0 aliphatic heterocycles. The lowest BCUT2D eigenvalue weighted by atomic mass is 10.0. The lowest BCUT2D eigenvalue weighted by molar-refractivity contribution is 0.558. The van der Waals surface area contributed by atoms with Crippen LogP contribution in [0.3, 0.4) is 0 Å². The lowest BCUT2D eigenvalue weighted by Gasteiger charge is -2.06. The van der Waals surface area contributed by atoms with Gasteiger partial charge in [-0.15, -0.1) is 6.58 Å². The number of H-pyrrole nitrogens is 1. The average Bonchev–Trinajstić information content (AvgIpc) is 2.86. The highest BCUT2D eigenvalue weighted by Gasteiger charge is 2.13. The molecular weight excluding hydrogens is 316 g/mol. The molecule has 3 N–H and O–H groups in total. The fraction of sp³-hybridized carbons (Fsp3) is 0.524. The Balaban J connectivity index is 0.000000307. The molecule has 0 aliphatic carbocycles. The smallest absolute Gasteiger partial charge is 0.0460 e. The van der Waals surface area contributed by atoms with Crippen molar-refractivity contribution in [3.05, 3.63) is 46.6 Å². The van der Waals surface area contributed by atoms with E-state index >= 15 is 0 Å². The van der Waals surface area contributed by atoms with Gasteiger partial charge in [0.1, 0.15) is 0 Å². The minimum absolute atomic E-state index is 0.479. The molecule has 1 heterocycles. The Morgan fingerprint density at radius 3 is 2.42 bits per heavy atom. The SMILES string of the molecule is C=C(C)CC(C)CC.CC(C)c1[nH]c2ccc(Cl)cc2c1CCN. The van der Waals surface area contributed by atoms with Crippen LogP contribution in [-0.2, 0) is 6.42 Å². The zero-order valence-corrected chi connectivity index (χ0v) is 16.6. The topological polar surface area (TPSA) is 41.8 Å². The molecule has 3 heteroatoms. The van der Waals surface area contributed by atoms with Gasteiger partial charge in [-0.3, -0.25) is 0 Å². The number of nitrogens with two attached hydrogens (primary N) is 1. The highest BCUT2D eigenvalue weighted by Crippen LogP contribution is 2.29. The Hall–Kier alpha value is -1.25. The fourth-order valence-electron chi connectivity index (χ4n) is 2.89. The third kappa shape index (κ3) is 5.99. The van der Waals surface area contributed by atoms with Crippen molar-refractivity contribution in [3.63, 3.8) is 0 Å². The summed E-state index contributed by atoms with van der Waals surface area (Å²) < 4.78 is 0. The molecule has 2 rings (SSSR count). The molecule has 0 saturated heterocycles. The number of nitrogens with one attached hydrogen (secondary N) is 1. The molecule has 2 aromatic rings. The average molecular weight is 349 g/mol. The van der Waals surface area contributed by atoms with Crippen LogP contribution in [0.2, 0.25) is 5.02 Å². The molecule has 1 aromatic heterocycles. The molecule has 134 valence electrons. The van der Waals surface area contributed by atoms with Crippen molar-refractivity contribution in [2.75, 3.05) is 6.54 Å². The van der Waals surface area contributed by atoms with E-state index < -0.39 is 0 Å². The predicted octanol–water partition coefficient (Wildman–Crippen LogP) is 6.44. The summed E-state index contributed by atoms with van der Waals surface area (Å²) in [6.45, 7) is 15.4. The summed E-state index contributed by atoms with van der Waals surface area (Å²) in [4.78, 5) is 3.46. The van der Waals surface area contributed by atoms with Gasteiger partial charge in [-0.1, -0.05) is 51.3 Å². The maximum Gasteiger partial charge on any atom is 0.0460 e. The number of fused-ring (bicyclic) bond motifs is 1. The number of halogens is 1. The maximum absolute atomic E-state index is 6.03. The van der Waals surface area contributed by atoms with Crippen LogP contribution in [0, 0.1) is 5.92 Å². The highest BCUT2D eigenvalue weighted by atomic mass is 35.5. The summed E-state index contributed by atoms with van der Waals surface area (Å²) in [6, 6.07) is 5.96. The number of benzene rings is 1. The molecule has 0 fully saturated rings. The van der Waals surface area contributed by atoms with E-state index in [9.17, 15) is 0 Å². The van der Waals surface area contributed by atoms with Crippen LogP contribution in [0.15, 0.2) is 30.4 Å². The van der Waals surface area contributed by atoms with Gasteiger partial charge in [0, 0.05) is 21.6 Å². The number of hydrogen-bond donors (Lipinski definition) is 2. The van der Waals surface area contributed by atoms with Gasteiger partial charge in [-0.05, 0) is 61.9 Å². The van der Waals surface area contributed by atoms with E-state index in [1.54, 1.807) is 0 Å². The third-order valence-electron chi connectivity index (χ3n) is 4.27. The van der Waals surface area contributed by atoms with Crippen LogP contribution in [0.5, 0.6) is 0 Å². The maximum atomic E-state index is 6.03. The van der Waals surface area contributed by atoms with Crippen molar-refractivity contribution in [2.45, 2.75) is 59.8 Å². The first kappa shape index (κ1) is 20.8. The van der Waals surface area contributed by atoms with Gasteiger partial charge in [-0.2, -0.15) is 0 Å². The summed E-state index contributed by atoms with van der Waals surface area (Å²) in [5.74, 6) is 1.31. The number of aromatic amines is 1. The Labute approximate surface area is 152 Å². The molecule has 0 saturated carbocycles. The summed E-state index contributed by atoms with van der Waals surface area (Å²) in [7, 11) is 0. The number of allylic oxidation sites excluding steroid dienone is 1. The van der Waals surface area contributed by atoms with Crippen LogP contribution >= 0.6 is 11.6 Å². The normalized spacial score (nSPS) is 12.2. The second kappa shape index (κ2) is 9.90. The van der Waals surface area contributed by atoms with Crippen LogP contribution in [0.4, 0.5) is 0 Å².